The van der Waals surface area contributed by atoms with Gasteiger partial charge in [0.15, 0.2) is 5.75 Å². The van der Waals surface area contributed by atoms with E-state index in [-0.39, 0.29) is 11.5 Å². The number of unbranched alkanes of at least 4 members (excludes halogenated alkanes) is 1. The third-order valence-corrected chi connectivity index (χ3v) is 8.01. The van der Waals surface area contributed by atoms with Crippen LogP contribution in [-0.4, -0.2) is 60.7 Å². The Balaban J connectivity index is 0.954. The summed E-state index contributed by atoms with van der Waals surface area (Å²) in [5, 5.41) is 2.84. The molecule has 2 aromatic rings. The summed E-state index contributed by atoms with van der Waals surface area (Å²) in [6.07, 6.45) is 12.7. The molecule has 1 amide bonds. The highest BCUT2D eigenvalue weighted by atomic mass is 16.5. The molecule has 1 N–H and O–H groups in total. The maximum atomic E-state index is 11.6. The molecule has 36 heavy (non-hydrogen) atoms. The van der Waals surface area contributed by atoms with Crippen LogP contribution in [0.3, 0.4) is 0 Å². The molecule has 0 atom stereocenters. The number of anilines is 2. The molecule has 1 aromatic carbocycles. The maximum absolute atomic E-state index is 11.6. The first-order valence-electron chi connectivity index (χ1n) is 13.6. The Hall–Kier alpha value is -3.06. The van der Waals surface area contributed by atoms with Gasteiger partial charge >= 0.3 is 0 Å². The highest BCUT2D eigenvalue weighted by Gasteiger charge is 2.37. The fourth-order valence-electron chi connectivity index (χ4n) is 5.88. The molecule has 7 nitrogen and oxygen atoms in total. The van der Waals surface area contributed by atoms with Crippen molar-refractivity contribution >= 4 is 23.5 Å². The van der Waals surface area contributed by atoms with Gasteiger partial charge < -0.3 is 19.7 Å². The Labute approximate surface area is 213 Å². The van der Waals surface area contributed by atoms with Crippen molar-refractivity contribution in [3.63, 3.8) is 0 Å². The van der Waals surface area contributed by atoms with Gasteiger partial charge in [-0.05, 0) is 75.3 Å². The summed E-state index contributed by atoms with van der Waals surface area (Å²) in [6, 6.07) is 10.5. The van der Waals surface area contributed by atoms with E-state index >= 15 is 0 Å². The second-order valence-corrected chi connectivity index (χ2v) is 10.5. The van der Waals surface area contributed by atoms with Crippen molar-refractivity contribution in [2.24, 2.45) is 0 Å². The minimum Gasteiger partial charge on any atom is -0.480 e. The fourth-order valence-corrected chi connectivity index (χ4v) is 5.88. The molecule has 1 saturated heterocycles. The number of amides is 1. The quantitative estimate of drug-likeness (QED) is 0.572. The molecule has 3 aliphatic heterocycles. The van der Waals surface area contributed by atoms with Crippen molar-refractivity contribution in [3.05, 3.63) is 47.5 Å². The number of pyridine rings is 1. The zero-order valence-electron chi connectivity index (χ0n) is 21.0. The molecule has 1 aromatic heterocycles. The van der Waals surface area contributed by atoms with Gasteiger partial charge in [-0.2, -0.15) is 4.98 Å². The molecule has 4 heterocycles. The van der Waals surface area contributed by atoms with Crippen LogP contribution >= 0.6 is 0 Å². The van der Waals surface area contributed by atoms with Gasteiger partial charge in [0.2, 0.25) is 11.8 Å². The van der Waals surface area contributed by atoms with Crippen LogP contribution in [0.4, 0.5) is 11.5 Å². The van der Waals surface area contributed by atoms with E-state index in [9.17, 15) is 4.79 Å². The standard InChI is InChI=1S/C29H36N4O3/c34-25-10-8-23-9-11-26(31-28(23)30-25)35-21-4-3-16-32-17-19-33(20-18-32)24-7-5-6-22-12-15-29(36-27(22)24)13-1-2-14-29/h5-7,9,11-12,15H,1-4,8,10,13-14,16-21H2,(H,30,31,34). The highest BCUT2D eigenvalue weighted by molar-refractivity contribution is 5.92. The number of benzene rings is 1. The number of fused-ring (bicyclic) bond motifs is 2. The minimum atomic E-state index is -0.0739. The Bertz CT molecular complexity index is 1130. The Morgan fingerprint density at radius 1 is 1.03 bits per heavy atom. The van der Waals surface area contributed by atoms with E-state index in [4.69, 9.17) is 9.47 Å². The van der Waals surface area contributed by atoms with Gasteiger partial charge in [-0.1, -0.05) is 18.2 Å². The number of carbonyl (C=O) groups excluding carboxylic acids is 1. The number of piperazine rings is 1. The van der Waals surface area contributed by atoms with Crippen LogP contribution < -0.4 is 19.7 Å². The maximum Gasteiger partial charge on any atom is 0.225 e. The van der Waals surface area contributed by atoms with E-state index in [0.29, 0.717) is 24.7 Å². The largest absolute Gasteiger partial charge is 0.480 e. The van der Waals surface area contributed by atoms with Crippen LogP contribution in [-0.2, 0) is 11.2 Å². The molecule has 190 valence electrons. The lowest BCUT2D eigenvalue weighted by Gasteiger charge is -2.39. The predicted molar refractivity (Wildman–Crippen MR) is 142 cm³/mol. The summed E-state index contributed by atoms with van der Waals surface area (Å²) >= 11 is 0. The Morgan fingerprint density at radius 2 is 1.89 bits per heavy atom. The third kappa shape index (κ3) is 4.94. The summed E-state index contributed by atoms with van der Waals surface area (Å²) in [6.45, 7) is 5.91. The summed E-state index contributed by atoms with van der Waals surface area (Å²) in [5.41, 5.74) is 3.47. The average Bonchev–Trinajstić information content (AvgIpc) is 3.36. The Morgan fingerprint density at radius 3 is 2.75 bits per heavy atom. The fraction of sp³-hybridized carbons (Fsp3) is 0.517. The topological polar surface area (TPSA) is 66.9 Å². The summed E-state index contributed by atoms with van der Waals surface area (Å²) in [7, 11) is 0. The number of aryl methyl sites for hydroxylation is 1. The van der Waals surface area contributed by atoms with Gasteiger partial charge in [-0.3, -0.25) is 9.69 Å². The van der Waals surface area contributed by atoms with Gasteiger partial charge in [-0.25, -0.2) is 0 Å². The average molecular weight is 489 g/mol. The second kappa shape index (κ2) is 10.1. The minimum absolute atomic E-state index is 0.0292. The third-order valence-electron chi connectivity index (χ3n) is 8.01. The molecule has 1 aliphatic carbocycles. The number of aromatic nitrogens is 1. The number of carbonyl (C=O) groups is 1. The van der Waals surface area contributed by atoms with Crippen LogP contribution in [0.1, 0.15) is 56.1 Å². The number of rotatable bonds is 7. The van der Waals surface area contributed by atoms with Crippen LogP contribution in [0.15, 0.2) is 36.4 Å². The number of ether oxygens (including phenoxy) is 2. The van der Waals surface area contributed by atoms with E-state index in [2.05, 4.69) is 50.5 Å². The lowest BCUT2D eigenvalue weighted by atomic mass is 9.96. The SMILES string of the molecule is O=C1CCc2ccc(OCCCCN3CCN(c4cccc5c4OC4(C=C5)CCCC4)CC3)nc2N1. The normalized spacial score (nSPS) is 20.6. The number of hydrogen-bond acceptors (Lipinski definition) is 6. The lowest BCUT2D eigenvalue weighted by Crippen LogP contribution is -2.47. The van der Waals surface area contributed by atoms with E-state index < -0.39 is 0 Å². The van der Waals surface area contributed by atoms with Crippen molar-refractivity contribution in [2.45, 2.75) is 57.0 Å². The number of hydrogen-bond donors (Lipinski definition) is 1. The molecular weight excluding hydrogens is 452 g/mol. The molecule has 4 aliphatic rings. The monoisotopic (exact) mass is 488 g/mol. The van der Waals surface area contributed by atoms with Crippen molar-refractivity contribution in [1.82, 2.24) is 9.88 Å². The summed E-state index contributed by atoms with van der Waals surface area (Å²) in [4.78, 5) is 21.1. The number of nitrogens with one attached hydrogen (secondary N) is 1. The second-order valence-electron chi connectivity index (χ2n) is 10.5. The van der Waals surface area contributed by atoms with Crippen LogP contribution in [0.5, 0.6) is 11.6 Å². The van der Waals surface area contributed by atoms with Crippen molar-refractivity contribution in [3.8, 4) is 11.6 Å². The van der Waals surface area contributed by atoms with Gasteiger partial charge in [-0.15, -0.1) is 0 Å². The predicted octanol–water partition coefficient (Wildman–Crippen LogP) is 4.67. The number of para-hydroxylation sites is 1. The molecular formula is C29H36N4O3. The first-order chi connectivity index (χ1) is 17.7. The van der Waals surface area contributed by atoms with Gasteiger partial charge in [0, 0.05) is 44.2 Å². The highest BCUT2D eigenvalue weighted by Crippen LogP contribution is 2.45. The first-order valence-corrected chi connectivity index (χ1v) is 13.6. The van der Waals surface area contributed by atoms with Gasteiger partial charge in [0.05, 0.1) is 12.3 Å². The Kier molecular flexibility index (Phi) is 6.57. The first kappa shape index (κ1) is 23.3. The number of nitrogens with zero attached hydrogens (tertiary/aromatic N) is 3. The van der Waals surface area contributed by atoms with Crippen molar-refractivity contribution in [2.75, 3.05) is 49.5 Å². The molecule has 0 radical (unpaired) electrons. The van der Waals surface area contributed by atoms with Crippen molar-refractivity contribution < 1.29 is 14.3 Å². The van der Waals surface area contributed by atoms with E-state index in [1.165, 1.54) is 24.1 Å². The zero-order chi connectivity index (χ0) is 24.4. The molecule has 2 fully saturated rings. The van der Waals surface area contributed by atoms with E-state index in [1.54, 1.807) is 0 Å². The van der Waals surface area contributed by atoms with Crippen LogP contribution in [0.2, 0.25) is 0 Å². The molecule has 1 spiro atoms. The zero-order valence-corrected chi connectivity index (χ0v) is 21.0. The van der Waals surface area contributed by atoms with Crippen molar-refractivity contribution in [1.29, 1.82) is 0 Å². The molecule has 0 bridgehead atoms. The lowest BCUT2D eigenvalue weighted by molar-refractivity contribution is -0.116. The molecule has 0 unspecified atom stereocenters. The van der Waals surface area contributed by atoms with E-state index in [1.807, 2.05) is 12.1 Å². The van der Waals surface area contributed by atoms with Crippen LogP contribution in [0.25, 0.3) is 6.08 Å². The smallest absolute Gasteiger partial charge is 0.225 e. The van der Waals surface area contributed by atoms with Gasteiger partial charge in [0.1, 0.15) is 11.4 Å². The molecule has 7 heteroatoms. The van der Waals surface area contributed by atoms with Crippen LogP contribution in [0, 0.1) is 0 Å². The van der Waals surface area contributed by atoms with E-state index in [0.717, 1.165) is 76.1 Å². The molecule has 1 saturated carbocycles. The molecule has 6 rings (SSSR count). The van der Waals surface area contributed by atoms with Gasteiger partial charge in [0.25, 0.3) is 0 Å². The summed E-state index contributed by atoms with van der Waals surface area (Å²) < 4.78 is 12.5. The summed E-state index contributed by atoms with van der Waals surface area (Å²) in [5.74, 6) is 2.36.